The van der Waals surface area contributed by atoms with E-state index in [2.05, 4.69) is 23.3 Å². The average molecular weight is 432 g/mol. The topological polar surface area (TPSA) is 61.3 Å². The molecule has 6 heteroatoms. The number of thiocarbonyl (C=S) groups is 1. The summed E-state index contributed by atoms with van der Waals surface area (Å²) in [6.45, 7) is 5.58. The molecule has 2 aromatic carbocycles. The minimum Gasteiger partial charge on any atom is -0.467 e. The van der Waals surface area contributed by atoms with Crippen LogP contribution in [0.15, 0.2) is 76.1 Å². The van der Waals surface area contributed by atoms with Gasteiger partial charge < -0.3 is 19.6 Å². The molecule has 0 bridgehead atoms. The Morgan fingerprint density at radius 2 is 1.81 bits per heavy atom. The largest absolute Gasteiger partial charge is 0.467 e. The van der Waals surface area contributed by atoms with Crippen LogP contribution >= 0.6 is 12.2 Å². The number of rotatable bonds is 6. The van der Waals surface area contributed by atoms with E-state index in [1.54, 1.807) is 6.26 Å². The second-order valence-electron chi connectivity index (χ2n) is 7.73. The molecule has 0 saturated carbocycles. The number of pyridine rings is 1. The van der Waals surface area contributed by atoms with Crippen molar-refractivity contribution in [3.8, 4) is 0 Å². The number of hydrogen-bond acceptors (Lipinski definition) is 3. The Bertz CT molecular complexity index is 1250. The lowest BCUT2D eigenvalue weighted by molar-refractivity contribution is 0.350. The van der Waals surface area contributed by atoms with Gasteiger partial charge >= 0.3 is 0 Å². The molecule has 2 N–H and O–H groups in total. The average Bonchev–Trinajstić information content (AvgIpc) is 3.27. The van der Waals surface area contributed by atoms with Crippen LogP contribution in [0.25, 0.3) is 10.9 Å². The SMILES string of the molecule is Cc1cc2cc(CN(Cc3ccco3)C(=S)NCc3ccccc3)c(=O)[nH]c2cc1C. The highest BCUT2D eigenvalue weighted by Gasteiger charge is 2.15. The van der Waals surface area contributed by atoms with Crippen LogP contribution < -0.4 is 10.9 Å². The van der Waals surface area contributed by atoms with Gasteiger partial charge in [0.1, 0.15) is 5.76 Å². The molecule has 0 aliphatic heterocycles. The maximum absolute atomic E-state index is 12.8. The summed E-state index contributed by atoms with van der Waals surface area (Å²) in [5.41, 5.74) is 4.88. The number of aromatic amines is 1. The number of nitrogens with one attached hydrogen (secondary N) is 2. The van der Waals surface area contributed by atoms with Crippen molar-refractivity contribution in [1.29, 1.82) is 0 Å². The summed E-state index contributed by atoms with van der Waals surface area (Å²) in [6, 6.07) is 19.9. The first-order valence-electron chi connectivity index (χ1n) is 10.2. The molecule has 2 aromatic heterocycles. The van der Waals surface area contributed by atoms with Crippen molar-refractivity contribution < 1.29 is 4.42 Å². The summed E-state index contributed by atoms with van der Waals surface area (Å²) in [4.78, 5) is 17.8. The van der Waals surface area contributed by atoms with Crippen molar-refractivity contribution in [3.63, 3.8) is 0 Å². The summed E-state index contributed by atoms with van der Waals surface area (Å²) in [5, 5.41) is 4.89. The fourth-order valence-corrected chi connectivity index (χ4v) is 3.72. The number of benzene rings is 2. The van der Waals surface area contributed by atoms with Gasteiger partial charge in [0.15, 0.2) is 5.11 Å². The minimum absolute atomic E-state index is 0.106. The van der Waals surface area contributed by atoms with Crippen LogP contribution in [0.3, 0.4) is 0 Å². The second kappa shape index (κ2) is 9.18. The lowest BCUT2D eigenvalue weighted by atomic mass is 10.0. The van der Waals surface area contributed by atoms with Crippen LogP contribution in [-0.4, -0.2) is 15.0 Å². The summed E-state index contributed by atoms with van der Waals surface area (Å²) in [6.07, 6.45) is 1.64. The van der Waals surface area contributed by atoms with E-state index in [0.29, 0.717) is 30.3 Å². The molecule has 0 aliphatic carbocycles. The Morgan fingerprint density at radius 3 is 2.55 bits per heavy atom. The highest BCUT2D eigenvalue weighted by Crippen LogP contribution is 2.18. The Balaban J connectivity index is 1.59. The third-order valence-electron chi connectivity index (χ3n) is 5.40. The molecule has 0 aliphatic rings. The summed E-state index contributed by atoms with van der Waals surface area (Å²) in [5.74, 6) is 0.785. The van der Waals surface area contributed by atoms with Crippen LogP contribution in [0.5, 0.6) is 0 Å². The molecule has 0 fully saturated rings. The van der Waals surface area contributed by atoms with Crippen molar-refractivity contribution in [2.24, 2.45) is 0 Å². The standard InChI is InChI=1S/C25H25N3O2S/c1-17-11-20-13-21(24(29)27-23(20)12-18(17)2)15-28(16-22-9-6-10-30-22)25(31)26-14-19-7-4-3-5-8-19/h3-13H,14-16H2,1-2H3,(H,26,31)(H,27,29). The molecular weight excluding hydrogens is 406 g/mol. The van der Waals surface area contributed by atoms with Crippen LogP contribution in [0, 0.1) is 13.8 Å². The fourth-order valence-electron chi connectivity index (χ4n) is 3.52. The van der Waals surface area contributed by atoms with Gasteiger partial charge in [-0.1, -0.05) is 30.3 Å². The zero-order valence-corrected chi connectivity index (χ0v) is 18.5. The van der Waals surface area contributed by atoms with E-state index in [9.17, 15) is 4.79 Å². The van der Waals surface area contributed by atoms with Gasteiger partial charge in [-0.15, -0.1) is 0 Å². The van der Waals surface area contributed by atoms with Gasteiger partial charge in [-0.2, -0.15) is 0 Å². The Labute approximate surface area is 186 Å². The summed E-state index contributed by atoms with van der Waals surface area (Å²) in [7, 11) is 0. The molecule has 31 heavy (non-hydrogen) atoms. The molecule has 0 saturated heterocycles. The van der Waals surface area contributed by atoms with E-state index in [-0.39, 0.29) is 5.56 Å². The molecule has 0 unspecified atom stereocenters. The second-order valence-corrected chi connectivity index (χ2v) is 8.11. The molecular formula is C25H25N3O2S. The smallest absolute Gasteiger partial charge is 0.253 e. The Morgan fingerprint density at radius 1 is 1.03 bits per heavy atom. The minimum atomic E-state index is -0.106. The van der Waals surface area contributed by atoms with E-state index >= 15 is 0 Å². The maximum atomic E-state index is 12.8. The monoisotopic (exact) mass is 431 g/mol. The molecule has 0 spiro atoms. The van der Waals surface area contributed by atoms with Gasteiger partial charge in [-0.3, -0.25) is 4.79 Å². The number of fused-ring (bicyclic) bond motifs is 1. The van der Waals surface area contributed by atoms with E-state index in [0.717, 1.165) is 27.8 Å². The first-order valence-corrected chi connectivity index (χ1v) is 10.6. The van der Waals surface area contributed by atoms with Gasteiger partial charge in [0.05, 0.1) is 19.4 Å². The first-order chi connectivity index (χ1) is 15.0. The van der Waals surface area contributed by atoms with Crippen LogP contribution in [0.4, 0.5) is 0 Å². The number of aromatic nitrogens is 1. The molecule has 4 aromatic rings. The normalized spacial score (nSPS) is 10.9. The van der Waals surface area contributed by atoms with Crippen molar-refractivity contribution in [2.75, 3.05) is 0 Å². The van der Waals surface area contributed by atoms with Crippen LogP contribution in [0.2, 0.25) is 0 Å². The predicted octanol–water partition coefficient (Wildman–Crippen LogP) is 4.81. The molecule has 5 nitrogen and oxygen atoms in total. The number of furan rings is 1. The molecule has 4 rings (SSSR count). The third kappa shape index (κ3) is 5.03. The zero-order valence-electron chi connectivity index (χ0n) is 17.6. The van der Waals surface area contributed by atoms with Crippen LogP contribution in [-0.2, 0) is 19.6 Å². The van der Waals surface area contributed by atoms with Gasteiger partial charge in [-0.25, -0.2) is 0 Å². The number of hydrogen-bond donors (Lipinski definition) is 2. The van der Waals surface area contributed by atoms with E-state index in [1.165, 1.54) is 5.56 Å². The summed E-state index contributed by atoms with van der Waals surface area (Å²) >= 11 is 5.68. The number of nitrogens with zero attached hydrogens (tertiary/aromatic N) is 1. The molecule has 2 heterocycles. The first kappa shape index (κ1) is 20.9. The molecule has 158 valence electrons. The third-order valence-corrected chi connectivity index (χ3v) is 5.80. The van der Waals surface area contributed by atoms with Crippen molar-refractivity contribution in [1.82, 2.24) is 15.2 Å². The Hall–Kier alpha value is -3.38. The number of H-pyrrole nitrogens is 1. The lowest BCUT2D eigenvalue weighted by Gasteiger charge is -2.25. The molecule has 0 radical (unpaired) electrons. The lowest BCUT2D eigenvalue weighted by Crippen LogP contribution is -2.39. The zero-order chi connectivity index (χ0) is 21.8. The predicted molar refractivity (Wildman–Crippen MR) is 128 cm³/mol. The van der Waals surface area contributed by atoms with E-state index < -0.39 is 0 Å². The maximum Gasteiger partial charge on any atom is 0.253 e. The number of aryl methyl sites for hydroxylation is 2. The van der Waals surface area contributed by atoms with Crippen molar-refractivity contribution >= 4 is 28.2 Å². The quantitative estimate of drug-likeness (QED) is 0.429. The van der Waals surface area contributed by atoms with Crippen LogP contribution in [0.1, 0.15) is 28.0 Å². The highest BCUT2D eigenvalue weighted by molar-refractivity contribution is 7.80. The summed E-state index contributed by atoms with van der Waals surface area (Å²) < 4.78 is 5.53. The van der Waals surface area contributed by atoms with Gasteiger partial charge in [0.2, 0.25) is 0 Å². The van der Waals surface area contributed by atoms with E-state index in [4.69, 9.17) is 16.6 Å². The Kier molecular flexibility index (Phi) is 6.18. The van der Waals surface area contributed by atoms with Crippen molar-refractivity contribution in [2.45, 2.75) is 33.5 Å². The van der Waals surface area contributed by atoms with Crippen molar-refractivity contribution in [3.05, 3.63) is 105 Å². The fraction of sp³-hybridized carbons (Fsp3) is 0.200. The van der Waals surface area contributed by atoms with Gasteiger partial charge in [0.25, 0.3) is 5.56 Å². The van der Waals surface area contributed by atoms with E-state index in [1.807, 2.05) is 66.4 Å². The molecule has 0 amide bonds. The van der Waals surface area contributed by atoms with Gasteiger partial charge in [-0.05, 0) is 78.5 Å². The van der Waals surface area contributed by atoms with Gasteiger partial charge in [0, 0.05) is 17.6 Å². The molecule has 0 atom stereocenters. The highest BCUT2D eigenvalue weighted by atomic mass is 32.1.